The number of aromatic nitrogens is 5. The van der Waals surface area contributed by atoms with Crippen molar-refractivity contribution < 1.29 is 9.59 Å². The van der Waals surface area contributed by atoms with Crippen LogP contribution in [0.2, 0.25) is 0 Å². The van der Waals surface area contributed by atoms with Crippen LogP contribution in [0.1, 0.15) is 43.8 Å². The van der Waals surface area contributed by atoms with Crippen molar-refractivity contribution in [2.45, 2.75) is 64.6 Å². The van der Waals surface area contributed by atoms with Crippen LogP contribution in [0.25, 0.3) is 0 Å². The van der Waals surface area contributed by atoms with Gasteiger partial charge in [-0.1, -0.05) is 12.8 Å². The lowest BCUT2D eigenvalue weighted by molar-refractivity contribution is -0.122. The zero-order valence-corrected chi connectivity index (χ0v) is 15.5. The summed E-state index contributed by atoms with van der Waals surface area (Å²) in [5.74, 6) is 1.58. The van der Waals surface area contributed by atoms with E-state index in [4.69, 9.17) is 0 Å². The van der Waals surface area contributed by atoms with Gasteiger partial charge in [0.05, 0.1) is 17.8 Å². The average Bonchev–Trinajstić information content (AvgIpc) is 3.38. The van der Waals surface area contributed by atoms with E-state index in [0.29, 0.717) is 18.3 Å². The monoisotopic (exact) mass is 371 g/mol. The molecule has 0 bridgehead atoms. The van der Waals surface area contributed by atoms with E-state index in [1.165, 1.54) is 12.8 Å². The molecule has 1 fully saturated rings. The number of hydrogen-bond acceptors (Lipinski definition) is 5. The van der Waals surface area contributed by atoms with E-state index in [2.05, 4.69) is 25.9 Å². The van der Waals surface area contributed by atoms with E-state index in [0.717, 1.165) is 37.3 Å². The number of nitrogens with zero attached hydrogens (tertiary/aromatic N) is 5. The standard InChI is InChI=1S/C18H25N7O2/c1-12-22-23-16-7-6-13(9-25(12)16)18(27)21-15-8-19-24(10-15)11-17(26)20-14-4-2-3-5-14/h8,10,13-14H,2-7,9,11H2,1H3,(H,20,26)(H,21,27). The molecule has 0 saturated heterocycles. The Bertz CT molecular complexity index is 835. The Kier molecular flexibility index (Phi) is 4.91. The molecule has 2 N–H and O–H groups in total. The second-order valence-electron chi connectivity index (χ2n) is 7.47. The summed E-state index contributed by atoms with van der Waals surface area (Å²) in [5.41, 5.74) is 0.611. The summed E-state index contributed by atoms with van der Waals surface area (Å²) in [6.07, 6.45) is 9.26. The lowest BCUT2D eigenvalue weighted by Gasteiger charge is -2.22. The predicted molar refractivity (Wildman–Crippen MR) is 97.8 cm³/mol. The van der Waals surface area contributed by atoms with Crippen molar-refractivity contribution >= 4 is 17.5 Å². The third-order valence-electron chi connectivity index (χ3n) is 5.43. The van der Waals surface area contributed by atoms with Gasteiger partial charge in [0, 0.05) is 25.2 Å². The van der Waals surface area contributed by atoms with Crippen LogP contribution in [0.3, 0.4) is 0 Å². The second kappa shape index (κ2) is 7.50. The first-order valence-electron chi connectivity index (χ1n) is 9.60. The number of carbonyl (C=O) groups is 2. The van der Waals surface area contributed by atoms with E-state index in [1.807, 2.05) is 11.5 Å². The van der Waals surface area contributed by atoms with Gasteiger partial charge in [-0.15, -0.1) is 10.2 Å². The third kappa shape index (κ3) is 4.01. The summed E-state index contributed by atoms with van der Waals surface area (Å²) in [6, 6.07) is 0.296. The van der Waals surface area contributed by atoms with Crippen molar-refractivity contribution in [3.05, 3.63) is 24.0 Å². The molecule has 144 valence electrons. The van der Waals surface area contributed by atoms with Gasteiger partial charge in [0.25, 0.3) is 0 Å². The van der Waals surface area contributed by atoms with Crippen molar-refractivity contribution in [3.8, 4) is 0 Å². The van der Waals surface area contributed by atoms with Gasteiger partial charge in [-0.3, -0.25) is 14.3 Å². The number of amides is 2. The highest BCUT2D eigenvalue weighted by atomic mass is 16.2. The number of aryl methyl sites for hydroxylation is 2. The Morgan fingerprint density at radius 1 is 1.22 bits per heavy atom. The van der Waals surface area contributed by atoms with E-state index in [-0.39, 0.29) is 24.3 Å². The smallest absolute Gasteiger partial charge is 0.241 e. The lowest BCUT2D eigenvalue weighted by atomic mass is 9.98. The van der Waals surface area contributed by atoms with E-state index >= 15 is 0 Å². The molecule has 4 rings (SSSR count). The fraction of sp³-hybridized carbons (Fsp3) is 0.611. The SMILES string of the molecule is Cc1nnc2n1CC(C(=O)Nc1cnn(CC(=O)NC3CCCC3)c1)CC2. The molecule has 1 aliphatic carbocycles. The summed E-state index contributed by atoms with van der Waals surface area (Å²) < 4.78 is 3.56. The summed E-state index contributed by atoms with van der Waals surface area (Å²) in [7, 11) is 0. The Morgan fingerprint density at radius 2 is 2.04 bits per heavy atom. The van der Waals surface area contributed by atoms with Gasteiger partial charge in [-0.05, 0) is 26.2 Å². The molecule has 2 aromatic rings. The van der Waals surface area contributed by atoms with Crippen LogP contribution >= 0.6 is 0 Å². The molecule has 1 aliphatic heterocycles. The molecule has 27 heavy (non-hydrogen) atoms. The lowest BCUT2D eigenvalue weighted by Crippen LogP contribution is -2.35. The van der Waals surface area contributed by atoms with Gasteiger partial charge in [0.15, 0.2) is 0 Å². The number of carbonyl (C=O) groups excluding carboxylic acids is 2. The molecule has 1 saturated carbocycles. The van der Waals surface area contributed by atoms with Gasteiger partial charge < -0.3 is 15.2 Å². The molecule has 2 aliphatic rings. The van der Waals surface area contributed by atoms with Crippen LogP contribution in [0, 0.1) is 12.8 Å². The molecule has 1 unspecified atom stereocenters. The van der Waals surface area contributed by atoms with Gasteiger partial charge >= 0.3 is 0 Å². The van der Waals surface area contributed by atoms with Crippen molar-refractivity contribution in [2.24, 2.45) is 5.92 Å². The largest absolute Gasteiger partial charge is 0.352 e. The summed E-state index contributed by atoms with van der Waals surface area (Å²) in [4.78, 5) is 24.7. The molecule has 1 atom stereocenters. The Balaban J connectivity index is 1.30. The maximum absolute atomic E-state index is 12.6. The van der Waals surface area contributed by atoms with Crippen molar-refractivity contribution in [3.63, 3.8) is 0 Å². The molecule has 0 spiro atoms. The van der Waals surface area contributed by atoms with Crippen molar-refractivity contribution in [2.75, 3.05) is 5.32 Å². The zero-order chi connectivity index (χ0) is 18.8. The van der Waals surface area contributed by atoms with Gasteiger partial charge in [-0.2, -0.15) is 5.10 Å². The maximum atomic E-state index is 12.6. The minimum atomic E-state index is -0.124. The Labute approximate surface area is 157 Å². The molecule has 0 radical (unpaired) electrons. The van der Waals surface area contributed by atoms with Crippen LogP contribution in [0.4, 0.5) is 5.69 Å². The number of rotatable bonds is 5. The van der Waals surface area contributed by atoms with Gasteiger partial charge in [0.1, 0.15) is 18.2 Å². The van der Waals surface area contributed by atoms with E-state index in [9.17, 15) is 9.59 Å². The van der Waals surface area contributed by atoms with E-state index in [1.54, 1.807) is 17.1 Å². The minimum Gasteiger partial charge on any atom is -0.352 e. The summed E-state index contributed by atoms with van der Waals surface area (Å²) in [5, 5.41) is 18.3. The summed E-state index contributed by atoms with van der Waals surface area (Å²) in [6.45, 7) is 2.66. The number of fused-ring (bicyclic) bond motifs is 1. The fourth-order valence-corrected chi connectivity index (χ4v) is 3.93. The van der Waals surface area contributed by atoms with Crippen LogP contribution in [-0.4, -0.2) is 42.4 Å². The summed E-state index contributed by atoms with van der Waals surface area (Å²) >= 11 is 0. The molecular formula is C18H25N7O2. The number of hydrogen-bond donors (Lipinski definition) is 2. The normalized spacial score (nSPS) is 19.7. The van der Waals surface area contributed by atoms with Crippen molar-refractivity contribution in [1.82, 2.24) is 29.9 Å². The zero-order valence-electron chi connectivity index (χ0n) is 15.5. The van der Waals surface area contributed by atoms with Crippen LogP contribution in [0.5, 0.6) is 0 Å². The van der Waals surface area contributed by atoms with Gasteiger partial charge in [-0.25, -0.2) is 0 Å². The van der Waals surface area contributed by atoms with Crippen LogP contribution < -0.4 is 10.6 Å². The topological polar surface area (TPSA) is 107 Å². The van der Waals surface area contributed by atoms with Crippen LogP contribution in [-0.2, 0) is 29.1 Å². The molecule has 3 heterocycles. The van der Waals surface area contributed by atoms with E-state index < -0.39 is 0 Å². The first-order chi connectivity index (χ1) is 13.1. The highest BCUT2D eigenvalue weighted by Gasteiger charge is 2.27. The van der Waals surface area contributed by atoms with Crippen LogP contribution in [0.15, 0.2) is 12.4 Å². The third-order valence-corrected chi connectivity index (χ3v) is 5.43. The number of anilines is 1. The molecule has 0 aromatic carbocycles. The molecule has 2 aromatic heterocycles. The highest BCUT2D eigenvalue weighted by Crippen LogP contribution is 2.21. The fourth-order valence-electron chi connectivity index (χ4n) is 3.93. The first-order valence-corrected chi connectivity index (χ1v) is 9.60. The highest BCUT2D eigenvalue weighted by molar-refractivity contribution is 5.92. The molecule has 9 nitrogen and oxygen atoms in total. The number of nitrogens with one attached hydrogen (secondary N) is 2. The maximum Gasteiger partial charge on any atom is 0.241 e. The Morgan fingerprint density at radius 3 is 2.85 bits per heavy atom. The minimum absolute atomic E-state index is 0.0363. The predicted octanol–water partition coefficient (Wildman–Crippen LogP) is 1.04. The van der Waals surface area contributed by atoms with Crippen molar-refractivity contribution in [1.29, 1.82) is 0 Å². The average molecular weight is 371 g/mol. The molecule has 2 amide bonds. The molecular weight excluding hydrogens is 346 g/mol. The Hall–Kier alpha value is -2.71. The van der Waals surface area contributed by atoms with Gasteiger partial charge in [0.2, 0.25) is 11.8 Å². The second-order valence-corrected chi connectivity index (χ2v) is 7.47. The molecule has 9 heteroatoms. The first kappa shape index (κ1) is 17.7. The quantitative estimate of drug-likeness (QED) is 0.817.